The van der Waals surface area contributed by atoms with E-state index >= 15 is 0 Å². The molecule has 3 rings (SSSR count). The molecule has 0 bridgehead atoms. The second-order valence-corrected chi connectivity index (χ2v) is 6.74. The number of rotatable bonds is 3. The van der Waals surface area contributed by atoms with E-state index < -0.39 is 0 Å². The van der Waals surface area contributed by atoms with Crippen molar-refractivity contribution in [2.24, 2.45) is 17.6 Å². The van der Waals surface area contributed by atoms with Crippen molar-refractivity contribution in [3.8, 4) is 0 Å². The van der Waals surface area contributed by atoms with E-state index in [0.29, 0.717) is 6.04 Å². The van der Waals surface area contributed by atoms with E-state index in [1.807, 2.05) is 0 Å². The van der Waals surface area contributed by atoms with Gasteiger partial charge in [0.1, 0.15) is 0 Å². The Labute approximate surface area is 106 Å². The minimum absolute atomic E-state index is 0.485. The summed E-state index contributed by atoms with van der Waals surface area (Å²) in [7, 11) is 0. The van der Waals surface area contributed by atoms with E-state index in [0.717, 1.165) is 23.9 Å². The molecule has 2 heteroatoms. The summed E-state index contributed by atoms with van der Waals surface area (Å²) in [5, 5.41) is 3.94. The molecule has 0 radical (unpaired) electrons. The molecule has 0 spiro atoms. The lowest BCUT2D eigenvalue weighted by atomic mass is 9.81. The highest BCUT2D eigenvalue weighted by atomic mass is 15.0. The molecule has 0 aromatic rings. The smallest absolute Gasteiger partial charge is 0.00723 e. The highest BCUT2D eigenvalue weighted by Crippen LogP contribution is 2.44. The lowest BCUT2D eigenvalue weighted by Gasteiger charge is -2.35. The third-order valence-corrected chi connectivity index (χ3v) is 5.25. The normalized spacial score (nSPS) is 43.6. The molecule has 0 saturated heterocycles. The van der Waals surface area contributed by atoms with Gasteiger partial charge in [-0.15, -0.1) is 0 Å². The summed E-state index contributed by atoms with van der Waals surface area (Å²) in [6.07, 6.45) is 14.0. The molecule has 3 fully saturated rings. The Hall–Kier alpha value is -0.0800. The molecule has 2 nitrogen and oxygen atoms in total. The summed E-state index contributed by atoms with van der Waals surface area (Å²) in [5.41, 5.74) is 5.97. The van der Waals surface area contributed by atoms with E-state index in [2.05, 4.69) is 5.32 Å². The predicted octanol–water partition coefficient (Wildman–Crippen LogP) is 2.81. The summed E-state index contributed by atoms with van der Waals surface area (Å²) in [6.45, 7) is 0. The van der Waals surface area contributed by atoms with E-state index in [9.17, 15) is 0 Å². The van der Waals surface area contributed by atoms with Gasteiger partial charge in [0.2, 0.25) is 0 Å². The number of nitrogens with two attached hydrogens (primary N) is 1. The molecular weight excluding hydrogens is 208 g/mol. The standard InChI is InChI=1S/C15H28N2/c16-13-6-8-14(9-7-13)17-15-3-1-2-12(10-15)11-4-5-11/h11-15,17H,1-10,16H2. The van der Waals surface area contributed by atoms with Crippen molar-refractivity contribution in [2.75, 3.05) is 0 Å². The van der Waals surface area contributed by atoms with Crippen LogP contribution in [0.5, 0.6) is 0 Å². The molecule has 17 heavy (non-hydrogen) atoms. The molecule has 0 aromatic heterocycles. The van der Waals surface area contributed by atoms with Crippen molar-refractivity contribution < 1.29 is 0 Å². The van der Waals surface area contributed by atoms with Crippen LogP contribution in [0.15, 0.2) is 0 Å². The van der Waals surface area contributed by atoms with Crippen LogP contribution in [0, 0.1) is 11.8 Å². The van der Waals surface area contributed by atoms with Crippen molar-refractivity contribution in [3.63, 3.8) is 0 Å². The molecule has 0 heterocycles. The maximum Gasteiger partial charge on any atom is 0.00723 e. The largest absolute Gasteiger partial charge is 0.328 e. The van der Waals surface area contributed by atoms with Crippen LogP contribution in [0.4, 0.5) is 0 Å². The van der Waals surface area contributed by atoms with E-state index in [1.54, 1.807) is 0 Å². The zero-order valence-corrected chi connectivity index (χ0v) is 11.0. The van der Waals surface area contributed by atoms with E-state index in [4.69, 9.17) is 5.73 Å². The Bertz CT molecular complexity index is 241. The van der Waals surface area contributed by atoms with Crippen molar-refractivity contribution in [1.82, 2.24) is 5.32 Å². The van der Waals surface area contributed by atoms with Crippen LogP contribution >= 0.6 is 0 Å². The second-order valence-electron chi connectivity index (χ2n) is 6.74. The first kappa shape index (κ1) is 12.0. The maximum atomic E-state index is 5.97. The molecule has 0 aromatic carbocycles. The Morgan fingerprint density at radius 3 is 2.18 bits per heavy atom. The molecule has 2 atom stereocenters. The fourth-order valence-corrected chi connectivity index (χ4v) is 3.99. The lowest BCUT2D eigenvalue weighted by molar-refractivity contribution is 0.225. The van der Waals surface area contributed by atoms with Gasteiger partial charge in [-0.1, -0.05) is 12.8 Å². The molecule has 3 saturated carbocycles. The minimum atomic E-state index is 0.485. The summed E-state index contributed by atoms with van der Waals surface area (Å²) < 4.78 is 0. The van der Waals surface area contributed by atoms with Crippen molar-refractivity contribution in [1.29, 1.82) is 0 Å². The van der Waals surface area contributed by atoms with Gasteiger partial charge in [0, 0.05) is 18.1 Å². The van der Waals surface area contributed by atoms with Gasteiger partial charge in [0.15, 0.2) is 0 Å². The average molecular weight is 236 g/mol. The van der Waals surface area contributed by atoms with Gasteiger partial charge in [0.25, 0.3) is 0 Å². The lowest BCUT2D eigenvalue weighted by Crippen LogP contribution is -2.44. The van der Waals surface area contributed by atoms with Crippen LogP contribution in [0.25, 0.3) is 0 Å². The third-order valence-electron chi connectivity index (χ3n) is 5.25. The van der Waals surface area contributed by atoms with Crippen LogP contribution < -0.4 is 11.1 Å². The monoisotopic (exact) mass is 236 g/mol. The predicted molar refractivity (Wildman–Crippen MR) is 71.8 cm³/mol. The van der Waals surface area contributed by atoms with Gasteiger partial charge in [-0.05, 0) is 63.2 Å². The number of hydrogen-bond acceptors (Lipinski definition) is 2. The van der Waals surface area contributed by atoms with Crippen LogP contribution in [0.2, 0.25) is 0 Å². The zero-order chi connectivity index (χ0) is 11.7. The molecule has 98 valence electrons. The van der Waals surface area contributed by atoms with Gasteiger partial charge < -0.3 is 11.1 Å². The maximum absolute atomic E-state index is 5.97. The Morgan fingerprint density at radius 1 is 0.706 bits per heavy atom. The molecule has 0 amide bonds. The Morgan fingerprint density at radius 2 is 1.47 bits per heavy atom. The van der Waals surface area contributed by atoms with Gasteiger partial charge in [-0.25, -0.2) is 0 Å². The van der Waals surface area contributed by atoms with Gasteiger partial charge in [-0.3, -0.25) is 0 Å². The molecule has 0 aliphatic heterocycles. The Kier molecular flexibility index (Phi) is 3.72. The first-order valence-corrected chi connectivity index (χ1v) is 7.83. The van der Waals surface area contributed by atoms with Crippen LogP contribution in [0.3, 0.4) is 0 Å². The van der Waals surface area contributed by atoms with Crippen molar-refractivity contribution in [2.45, 2.75) is 82.3 Å². The summed E-state index contributed by atoms with van der Waals surface area (Å²) in [5.74, 6) is 2.17. The third kappa shape index (κ3) is 3.23. The fraction of sp³-hybridized carbons (Fsp3) is 1.00. The van der Waals surface area contributed by atoms with Crippen molar-refractivity contribution >= 4 is 0 Å². The first-order chi connectivity index (χ1) is 8.31. The molecule has 3 aliphatic rings. The molecule has 2 unspecified atom stereocenters. The van der Waals surface area contributed by atoms with Gasteiger partial charge in [-0.2, -0.15) is 0 Å². The number of hydrogen-bond donors (Lipinski definition) is 2. The van der Waals surface area contributed by atoms with Crippen molar-refractivity contribution in [3.05, 3.63) is 0 Å². The minimum Gasteiger partial charge on any atom is -0.328 e. The van der Waals surface area contributed by atoms with E-state index in [1.165, 1.54) is 64.2 Å². The quantitative estimate of drug-likeness (QED) is 0.791. The van der Waals surface area contributed by atoms with Crippen LogP contribution in [0.1, 0.15) is 64.2 Å². The zero-order valence-electron chi connectivity index (χ0n) is 11.0. The van der Waals surface area contributed by atoms with Crippen LogP contribution in [-0.2, 0) is 0 Å². The summed E-state index contributed by atoms with van der Waals surface area (Å²) in [4.78, 5) is 0. The molecule has 3 aliphatic carbocycles. The summed E-state index contributed by atoms with van der Waals surface area (Å²) in [6, 6.07) is 2.09. The van der Waals surface area contributed by atoms with E-state index in [-0.39, 0.29) is 0 Å². The fourth-order valence-electron chi connectivity index (χ4n) is 3.99. The number of nitrogens with one attached hydrogen (secondary N) is 1. The SMILES string of the molecule is NC1CCC(NC2CCCC(C3CC3)C2)CC1. The summed E-state index contributed by atoms with van der Waals surface area (Å²) >= 11 is 0. The Balaban J connectivity index is 1.44. The first-order valence-electron chi connectivity index (χ1n) is 7.83. The van der Waals surface area contributed by atoms with Gasteiger partial charge >= 0.3 is 0 Å². The highest BCUT2D eigenvalue weighted by molar-refractivity contribution is 4.90. The van der Waals surface area contributed by atoms with Gasteiger partial charge in [0.05, 0.1) is 0 Å². The molecule has 3 N–H and O–H groups in total. The second kappa shape index (κ2) is 5.27. The highest BCUT2D eigenvalue weighted by Gasteiger charge is 2.35. The molecular formula is C15H28N2. The van der Waals surface area contributed by atoms with Crippen LogP contribution in [-0.4, -0.2) is 18.1 Å². The topological polar surface area (TPSA) is 38.0 Å². The average Bonchev–Trinajstić information content (AvgIpc) is 3.17.